The van der Waals surface area contributed by atoms with Crippen LogP contribution in [0, 0.1) is 0 Å². The van der Waals surface area contributed by atoms with Crippen molar-refractivity contribution in [2.75, 3.05) is 18.5 Å². The number of nitrogens with zero attached hydrogens (tertiary/aromatic N) is 1. The number of carbonyl (C=O) groups excluding carboxylic acids is 1. The van der Waals surface area contributed by atoms with Gasteiger partial charge in [0, 0.05) is 5.69 Å². The Kier molecular flexibility index (Phi) is 4.06. The number of benzene rings is 1. The highest BCUT2D eigenvalue weighted by Gasteiger charge is 2.37. The minimum absolute atomic E-state index is 0.0820. The van der Waals surface area contributed by atoms with Gasteiger partial charge in [0.15, 0.2) is 0 Å². The first-order valence-corrected chi connectivity index (χ1v) is 7.53. The summed E-state index contributed by atoms with van der Waals surface area (Å²) in [6.45, 7) is 1.26. The first kappa shape index (κ1) is 14.0. The predicted octanol–water partition coefficient (Wildman–Crippen LogP) is 3.78. The van der Waals surface area contributed by atoms with E-state index in [2.05, 4.69) is 5.32 Å². The van der Waals surface area contributed by atoms with Crippen molar-refractivity contribution in [2.45, 2.75) is 31.3 Å². The quantitative estimate of drug-likeness (QED) is 0.857. The lowest BCUT2D eigenvalue weighted by atomic mass is 9.95. The van der Waals surface area contributed by atoms with Gasteiger partial charge in [0.25, 0.3) is 0 Å². The number of hydrogen-bond donors (Lipinski definition) is 1. The van der Waals surface area contributed by atoms with Gasteiger partial charge in [-0.05, 0) is 37.5 Å². The van der Waals surface area contributed by atoms with Gasteiger partial charge in [-0.15, -0.1) is 0 Å². The van der Waals surface area contributed by atoms with Crippen LogP contribution in [0.1, 0.15) is 19.3 Å². The first-order chi connectivity index (χ1) is 9.65. The molecular weight excluding hydrogens is 299 g/mol. The topological polar surface area (TPSA) is 41.6 Å². The van der Waals surface area contributed by atoms with Crippen molar-refractivity contribution in [3.8, 4) is 0 Å². The Balaban J connectivity index is 1.73. The molecule has 3 rings (SSSR count). The van der Waals surface area contributed by atoms with Crippen molar-refractivity contribution in [2.24, 2.45) is 0 Å². The number of fused-ring (bicyclic) bond motifs is 2. The van der Waals surface area contributed by atoms with Crippen molar-refractivity contribution in [1.29, 1.82) is 0 Å². The highest BCUT2D eigenvalue weighted by Crippen LogP contribution is 2.29. The number of ether oxygens (including phenoxy) is 1. The maximum atomic E-state index is 12.5. The Labute approximate surface area is 128 Å². The molecule has 0 saturated carbocycles. The molecule has 2 aliphatic heterocycles. The van der Waals surface area contributed by atoms with E-state index in [0.29, 0.717) is 28.9 Å². The number of rotatable bonds is 1. The van der Waals surface area contributed by atoms with E-state index in [1.807, 2.05) is 4.90 Å². The molecule has 1 N–H and O–H groups in total. The molecule has 0 aromatic heterocycles. The zero-order chi connectivity index (χ0) is 14.1. The Morgan fingerprint density at radius 2 is 1.90 bits per heavy atom. The predicted molar refractivity (Wildman–Crippen MR) is 79.6 cm³/mol. The minimum Gasteiger partial charge on any atom is -0.377 e. The summed E-state index contributed by atoms with van der Waals surface area (Å²) in [4.78, 5) is 14.4. The third-order valence-corrected chi connectivity index (χ3v) is 4.63. The highest BCUT2D eigenvalue weighted by atomic mass is 35.5. The van der Waals surface area contributed by atoms with Crippen LogP contribution in [0.15, 0.2) is 18.2 Å². The molecule has 1 aromatic carbocycles. The zero-order valence-electron chi connectivity index (χ0n) is 10.9. The third kappa shape index (κ3) is 2.73. The Hall–Kier alpha value is -0.970. The van der Waals surface area contributed by atoms with E-state index < -0.39 is 0 Å². The molecule has 2 saturated heterocycles. The van der Waals surface area contributed by atoms with Crippen molar-refractivity contribution in [1.82, 2.24) is 4.90 Å². The second-order valence-corrected chi connectivity index (χ2v) is 6.06. The zero-order valence-corrected chi connectivity index (χ0v) is 12.5. The number of nitrogens with one attached hydrogen (secondary N) is 1. The summed E-state index contributed by atoms with van der Waals surface area (Å²) in [5, 5.41) is 3.81. The molecule has 1 aromatic rings. The third-order valence-electron chi connectivity index (χ3n) is 3.89. The highest BCUT2D eigenvalue weighted by molar-refractivity contribution is 6.42. The standard InChI is InChI=1S/C14H16Cl2N2O2/c15-12-5-4-9(6-13(12)16)17-14(19)18-10-2-1-3-11(18)8-20-7-10/h4-6,10-11H,1-3,7-8H2,(H,17,19). The first-order valence-electron chi connectivity index (χ1n) is 6.77. The van der Waals surface area contributed by atoms with Gasteiger partial charge in [-0.2, -0.15) is 0 Å². The maximum absolute atomic E-state index is 12.5. The number of amides is 2. The molecule has 2 amide bonds. The Morgan fingerprint density at radius 1 is 1.20 bits per heavy atom. The van der Waals surface area contributed by atoms with Crippen LogP contribution >= 0.6 is 23.2 Å². The van der Waals surface area contributed by atoms with E-state index in [1.165, 1.54) is 0 Å². The SMILES string of the molecule is O=C(Nc1ccc(Cl)c(Cl)c1)N1C2CCCC1COC2. The minimum atomic E-state index is -0.0820. The molecule has 108 valence electrons. The van der Waals surface area contributed by atoms with E-state index in [0.717, 1.165) is 19.3 Å². The average molecular weight is 315 g/mol. The number of carbonyl (C=O) groups is 1. The van der Waals surface area contributed by atoms with Crippen molar-refractivity contribution in [3.05, 3.63) is 28.2 Å². The molecule has 2 unspecified atom stereocenters. The second-order valence-electron chi connectivity index (χ2n) is 5.24. The van der Waals surface area contributed by atoms with Crippen LogP contribution in [0.5, 0.6) is 0 Å². The smallest absolute Gasteiger partial charge is 0.322 e. The number of piperidine rings is 1. The maximum Gasteiger partial charge on any atom is 0.322 e. The van der Waals surface area contributed by atoms with Gasteiger partial charge in [-0.3, -0.25) is 0 Å². The van der Waals surface area contributed by atoms with Crippen LogP contribution < -0.4 is 5.32 Å². The molecule has 0 aliphatic carbocycles. The summed E-state index contributed by atoms with van der Waals surface area (Å²) in [5.74, 6) is 0. The Bertz CT molecular complexity index is 502. The van der Waals surface area contributed by atoms with E-state index in [1.54, 1.807) is 18.2 Å². The summed E-state index contributed by atoms with van der Waals surface area (Å²) in [6, 6.07) is 5.39. The number of halogens is 2. The molecule has 0 radical (unpaired) electrons. The number of hydrogen-bond acceptors (Lipinski definition) is 2. The average Bonchev–Trinajstić information content (AvgIpc) is 2.42. The summed E-state index contributed by atoms with van der Waals surface area (Å²) in [6.07, 6.45) is 3.17. The largest absolute Gasteiger partial charge is 0.377 e. The normalized spacial score (nSPS) is 25.4. The van der Waals surface area contributed by atoms with E-state index in [9.17, 15) is 4.79 Å². The van der Waals surface area contributed by atoms with Crippen LogP contribution in [0.4, 0.5) is 10.5 Å². The van der Waals surface area contributed by atoms with Gasteiger partial charge in [-0.1, -0.05) is 23.2 Å². The number of anilines is 1. The summed E-state index contributed by atoms with van der Waals surface area (Å²) >= 11 is 11.8. The van der Waals surface area contributed by atoms with Crippen molar-refractivity contribution in [3.63, 3.8) is 0 Å². The lowest BCUT2D eigenvalue weighted by molar-refractivity contribution is -0.0465. The Morgan fingerprint density at radius 3 is 2.55 bits per heavy atom. The fraction of sp³-hybridized carbons (Fsp3) is 0.500. The summed E-state index contributed by atoms with van der Waals surface area (Å²) in [5.41, 5.74) is 0.661. The van der Waals surface area contributed by atoms with Crippen molar-refractivity contribution < 1.29 is 9.53 Å². The second kappa shape index (κ2) is 5.80. The molecule has 4 nitrogen and oxygen atoms in total. The molecule has 2 aliphatic rings. The van der Waals surface area contributed by atoms with Crippen LogP contribution in [-0.2, 0) is 4.74 Å². The van der Waals surface area contributed by atoms with Crippen LogP contribution in [-0.4, -0.2) is 36.2 Å². The molecule has 2 fully saturated rings. The fourth-order valence-corrected chi connectivity index (χ4v) is 3.22. The number of morpholine rings is 1. The monoisotopic (exact) mass is 314 g/mol. The molecule has 20 heavy (non-hydrogen) atoms. The van der Waals surface area contributed by atoms with E-state index in [-0.39, 0.29) is 18.1 Å². The van der Waals surface area contributed by atoms with Gasteiger partial charge in [0.1, 0.15) is 0 Å². The van der Waals surface area contributed by atoms with Crippen LogP contribution in [0.25, 0.3) is 0 Å². The van der Waals surface area contributed by atoms with Crippen molar-refractivity contribution >= 4 is 34.9 Å². The molecule has 0 spiro atoms. The number of urea groups is 1. The van der Waals surface area contributed by atoms with Crippen LogP contribution in [0.3, 0.4) is 0 Å². The molecule has 2 atom stereocenters. The molecule has 2 bridgehead atoms. The van der Waals surface area contributed by atoms with Gasteiger partial charge in [0.2, 0.25) is 0 Å². The van der Waals surface area contributed by atoms with E-state index in [4.69, 9.17) is 27.9 Å². The summed E-state index contributed by atoms with van der Waals surface area (Å²) < 4.78 is 5.54. The van der Waals surface area contributed by atoms with Crippen LogP contribution in [0.2, 0.25) is 10.0 Å². The lowest BCUT2D eigenvalue weighted by Gasteiger charge is -2.45. The fourth-order valence-electron chi connectivity index (χ4n) is 2.93. The summed E-state index contributed by atoms with van der Waals surface area (Å²) in [7, 11) is 0. The van der Waals surface area contributed by atoms with Gasteiger partial charge in [-0.25, -0.2) is 4.79 Å². The molecular formula is C14H16Cl2N2O2. The lowest BCUT2D eigenvalue weighted by Crippen LogP contribution is -2.58. The van der Waals surface area contributed by atoms with E-state index >= 15 is 0 Å². The van der Waals surface area contributed by atoms with Gasteiger partial charge >= 0.3 is 6.03 Å². The van der Waals surface area contributed by atoms with Gasteiger partial charge in [0.05, 0.1) is 35.3 Å². The molecule has 6 heteroatoms. The molecule has 2 heterocycles. The van der Waals surface area contributed by atoms with Gasteiger partial charge < -0.3 is 15.0 Å².